The van der Waals surface area contributed by atoms with Gasteiger partial charge in [0, 0.05) is 25.2 Å². The zero-order valence-electron chi connectivity index (χ0n) is 16.4. The van der Waals surface area contributed by atoms with Crippen molar-refractivity contribution in [2.24, 2.45) is 0 Å². The summed E-state index contributed by atoms with van der Waals surface area (Å²) >= 11 is 13.0. The molecule has 1 N–H and O–H groups in total. The Morgan fingerprint density at radius 3 is 2.39 bits per heavy atom. The fourth-order valence-electron chi connectivity index (χ4n) is 3.76. The standard InChI is InChI=1S/C21H26Cl2N2O3/c1-26-17-9-8-15(20(27-2)21(17)28-3)19(25-12-5-10-24-11-13-25)14-6-4-7-16(22)18(14)23/h4,6-9,19,24H,5,10-13H2,1-3H3. The van der Waals surface area contributed by atoms with Gasteiger partial charge in [-0.05, 0) is 36.7 Å². The third-order valence-corrected chi connectivity index (χ3v) is 5.88. The van der Waals surface area contributed by atoms with Gasteiger partial charge in [-0.2, -0.15) is 0 Å². The summed E-state index contributed by atoms with van der Waals surface area (Å²) in [5, 5.41) is 4.55. The predicted octanol–water partition coefficient (Wildman–Crippen LogP) is 4.40. The van der Waals surface area contributed by atoms with E-state index in [4.69, 9.17) is 37.4 Å². The Bertz CT molecular complexity index is 808. The summed E-state index contributed by atoms with van der Waals surface area (Å²) in [5.74, 6) is 1.83. The molecule has 0 aromatic heterocycles. The Morgan fingerprint density at radius 1 is 0.893 bits per heavy atom. The van der Waals surface area contributed by atoms with Gasteiger partial charge in [-0.25, -0.2) is 0 Å². The lowest BCUT2D eigenvalue weighted by molar-refractivity contribution is 0.233. The lowest BCUT2D eigenvalue weighted by Crippen LogP contribution is -2.33. The van der Waals surface area contributed by atoms with Gasteiger partial charge in [-0.3, -0.25) is 4.90 Å². The molecule has 1 aliphatic rings. The van der Waals surface area contributed by atoms with Gasteiger partial charge in [0.05, 0.1) is 37.4 Å². The average molecular weight is 425 g/mol. The van der Waals surface area contributed by atoms with Crippen LogP contribution in [0, 0.1) is 0 Å². The largest absolute Gasteiger partial charge is 0.493 e. The van der Waals surface area contributed by atoms with Crippen LogP contribution in [0.4, 0.5) is 0 Å². The van der Waals surface area contributed by atoms with Crippen LogP contribution in [0.2, 0.25) is 10.0 Å². The fourth-order valence-corrected chi connectivity index (χ4v) is 4.17. The molecule has 1 fully saturated rings. The van der Waals surface area contributed by atoms with E-state index < -0.39 is 0 Å². The smallest absolute Gasteiger partial charge is 0.203 e. The predicted molar refractivity (Wildman–Crippen MR) is 113 cm³/mol. The first-order valence-electron chi connectivity index (χ1n) is 9.29. The molecule has 5 nitrogen and oxygen atoms in total. The third kappa shape index (κ3) is 4.18. The number of hydrogen-bond donors (Lipinski definition) is 1. The van der Waals surface area contributed by atoms with E-state index in [1.165, 1.54) is 0 Å². The maximum absolute atomic E-state index is 6.65. The van der Waals surface area contributed by atoms with Crippen LogP contribution < -0.4 is 19.5 Å². The molecule has 1 atom stereocenters. The van der Waals surface area contributed by atoms with E-state index in [0.717, 1.165) is 43.7 Å². The molecule has 0 spiro atoms. The lowest BCUT2D eigenvalue weighted by Gasteiger charge is -2.33. The number of halogens is 2. The molecule has 1 aliphatic heterocycles. The van der Waals surface area contributed by atoms with Crippen LogP contribution in [0.25, 0.3) is 0 Å². The Balaban J connectivity index is 2.20. The summed E-state index contributed by atoms with van der Waals surface area (Å²) in [6, 6.07) is 9.55. The van der Waals surface area contributed by atoms with E-state index in [2.05, 4.69) is 10.2 Å². The van der Waals surface area contributed by atoms with Gasteiger partial charge in [-0.1, -0.05) is 35.3 Å². The number of benzene rings is 2. The number of nitrogens with zero attached hydrogens (tertiary/aromatic N) is 1. The molecule has 7 heteroatoms. The second-order valence-electron chi connectivity index (χ2n) is 6.61. The van der Waals surface area contributed by atoms with Gasteiger partial charge >= 0.3 is 0 Å². The first-order chi connectivity index (χ1) is 13.6. The highest BCUT2D eigenvalue weighted by Crippen LogP contribution is 2.47. The van der Waals surface area contributed by atoms with Crippen LogP contribution in [0.5, 0.6) is 17.2 Å². The molecule has 1 unspecified atom stereocenters. The topological polar surface area (TPSA) is 43.0 Å². The molecule has 2 aromatic rings. The third-order valence-electron chi connectivity index (χ3n) is 5.05. The normalized spacial score (nSPS) is 16.3. The molecule has 1 saturated heterocycles. The van der Waals surface area contributed by atoms with Crippen molar-refractivity contribution >= 4 is 23.2 Å². The second kappa shape index (κ2) is 9.70. The van der Waals surface area contributed by atoms with Gasteiger partial charge in [0.2, 0.25) is 5.75 Å². The van der Waals surface area contributed by atoms with Crippen molar-refractivity contribution in [1.29, 1.82) is 0 Å². The summed E-state index contributed by atoms with van der Waals surface area (Å²) in [6.07, 6.45) is 1.05. The van der Waals surface area contributed by atoms with Crippen molar-refractivity contribution in [2.75, 3.05) is 47.5 Å². The SMILES string of the molecule is COc1ccc(C(c2cccc(Cl)c2Cl)N2CCCNCC2)c(OC)c1OC. The maximum Gasteiger partial charge on any atom is 0.203 e. The van der Waals surface area contributed by atoms with E-state index in [1.807, 2.05) is 24.3 Å². The van der Waals surface area contributed by atoms with E-state index >= 15 is 0 Å². The highest BCUT2D eigenvalue weighted by molar-refractivity contribution is 6.42. The number of ether oxygens (including phenoxy) is 3. The van der Waals surface area contributed by atoms with Crippen molar-refractivity contribution < 1.29 is 14.2 Å². The van der Waals surface area contributed by atoms with Gasteiger partial charge in [-0.15, -0.1) is 0 Å². The summed E-state index contributed by atoms with van der Waals surface area (Å²) in [7, 11) is 4.87. The molecule has 28 heavy (non-hydrogen) atoms. The van der Waals surface area contributed by atoms with Crippen molar-refractivity contribution in [3.8, 4) is 17.2 Å². The van der Waals surface area contributed by atoms with Crippen LogP contribution in [-0.4, -0.2) is 52.4 Å². The highest BCUT2D eigenvalue weighted by atomic mass is 35.5. The highest BCUT2D eigenvalue weighted by Gasteiger charge is 2.30. The average Bonchev–Trinajstić information content (AvgIpc) is 3.00. The first kappa shape index (κ1) is 21.1. The summed E-state index contributed by atoms with van der Waals surface area (Å²) in [6.45, 7) is 3.71. The zero-order valence-corrected chi connectivity index (χ0v) is 17.9. The second-order valence-corrected chi connectivity index (χ2v) is 7.39. The molecule has 0 aliphatic carbocycles. The summed E-state index contributed by atoms with van der Waals surface area (Å²) < 4.78 is 16.8. The molecule has 0 saturated carbocycles. The minimum Gasteiger partial charge on any atom is -0.493 e. The Labute approximate surface area is 176 Å². The summed E-state index contributed by atoms with van der Waals surface area (Å²) in [4.78, 5) is 2.40. The van der Waals surface area contributed by atoms with Gasteiger partial charge in [0.25, 0.3) is 0 Å². The van der Waals surface area contributed by atoms with Crippen molar-refractivity contribution in [1.82, 2.24) is 10.2 Å². The molecule has 0 radical (unpaired) electrons. The van der Waals surface area contributed by atoms with Crippen molar-refractivity contribution in [2.45, 2.75) is 12.5 Å². The maximum atomic E-state index is 6.65. The molecule has 1 heterocycles. The van der Waals surface area contributed by atoms with E-state index in [-0.39, 0.29) is 6.04 Å². The minimum atomic E-state index is -0.124. The van der Waals surface area contributed by atoms with Gasteiger partial charge < -0.3 is 19.5 Å². The number of nitrogens with one attached hydrogen (secondary N) is 1. The van der Waals surface area contributed by atoms with E-state index in [9.17, 15) is 0 Å². The fraction of sp³-hybridized carbons (Fsp3) is 0.429. The number of hydrogen-bond acceptors (Lipinski definition) is 5. The molecule has 2 aromatic carbocycles. The molecule has 152 valence electrons. The van der Waals surface area contributed by atoms with Crippen LogP contribution in [0.3, 0.4) is 0 Å². The zero-order chi connectivity index (χ0) is 20.1. The Kier molecular flexibility index (Phi) is 7.30. The monoisotopic (exact) mass is 424 g/mol. The van der Waals surface area contributed by atoms with Crippen molar-refractivity contribution in [3.05, 3.63) is 51.5 Å². The van der Waals surface area contributed by atoms with Crippen molar-refractivity contribution in [3.63, 3.8) is 0 Å². The molecule has 3 rings (SSSR count). The van der Waals surface area contributed by atoms with E-state index in [0.29, 0.717) is 27.3 Å². The minimum absolute atomic E-state index is 0.124. The van der Waals surface area contributed by atoms with Gasteiger partial charge in [0.1, 0.15) is 0 Å². The van der Waals surface area contributed by atoms with Crippen LogP contribution in [0.15, 0.2) is 30.3 Å². The lowest BCUT2D eigenvalue weighted by atomic mass is 9.95. The first-order valence-corrected chi connectivity index (χ1v) is 10.1. The Morgan fingerprint density at radius 2 is 1.68 bits per heavy atom. The summed E-state index contributed by atoms with van der Waals surface area (Å²) in [5.41, 5.74) is 1.91. The van der Waals surface area contributed by atoms with E-state index in [1.54, 1.807) is 27.4 Å². The molecular formula is C21H26Cl2N2O3. The molecular weight excluding hydrogens is 399 g/mol. The molecule has 0 bridgehead atoms. The number of rotatable bonds is 6. The van der Waals surface area contributed by atoms with Crippen LogP contribution >= 0.6 is 23.2 Å². The van der Waals surface area contributed by atoms with Crippen LogP contribution in [0.1, 0.15) is 23.6 Å². The number of methoxy groups -OCH3 is 3. The van der Waals surface area contributed by atoms with Gasteiger partial charge in [0.15, 0.2) is 11.5 Å². The van der Waals surface area contributed by atoms with Crippen LogP contribution in [-0.2, 0) is 0 Å². The molecule has 0 amide bonds. The quantitative estimate of drug-likeness (QED) is 0.743. The Hall–Kier alpha value is -1.66.